The Hall–Kier alpha value is -0.950. The molecule has 1 aromatic carbocycles. The van der Waals surface area contributed by atoms with E-state index in [1.807, 2.05) is 6.07 Å². The minimum atomic E-state index is -3.24. The molecule has 5 atom stereocenters. The molecule has 1 aliphatic heterocycles. The number of hydrogen-bond donors (Lipinski definition) is 0. The monoisotopic (exact) mass is 404 g/mol. The summed E-state index contributed by atoms with van der Waals surface area (Å²) in [6.45, 7) is 0. The van der Waals surface area contributed by atoms with Crippen LogP contribution in [0.15, 0.2) is 35.2 Å². The molecular formula is C22H28O5S. The fourth-order valence-electron chi connectivity index (χ4n) is 6.94. The lowest BCUT2D eigenvalue weighted by Crippen LogP contribution is -2.47. The van der Waals surface area contributed by atoms with E-state index in [-0.39, 0.29) is 11.7 Å². The predicted octanol–water partition coefficient (Wildman–Crippen LogP) is 4.09. The zero-order chi connectivity index (χ0) is 19.0. The lowest BCUT2D eigenvalue weighted by Gasteiger charge is -2.40. The minimum Gasteiger partial charge on any atom is -0.312 e. The Morgan fingerprint density at radius 2 is 1.75 bits per heavy atom. The van der Waals surface area contributed by atoms with E-state index in [9.17, 15) is 8.42 Å². The summed E-state index contributed by atoms with van der Waals surface area (Å²) in [5.41, 5.74) is 0. The Balaban J connectivity index is 1.13. The van der Waals surface area contributed by atoms with Crippen molar-refractivity contribution in [2.45, 2.75) is 67.8 Å². The average Bonchev–Trinajstić information content (AvgIpc) is 3.28. The fraction of sp³-hybridized carbons (Fsp3) is 0.727. The van der Waals surface area contributed by atoms with E-state index >= 15 is 0 Å². The zero-order valence-electron chi connectivity index (χ0n) is 16.1. The summed E-state index contributed by atoms with van der Waals surface area (Å²) < 4.78 is 32.1. The van der Waals surface area contributed by atoms with Gasteiger partial charge in [-0.05, 0) is 68.4 Å². The summed E-state index contributed by atoms with van der Waals surface area (Å²) in [5.74, 6) is 1.76. The molecule has 6 aliphatic rings. The predicted molar refractivity (Wildman–Crippen MR) is 102 cm³/mol. The van der Waals surface area contributed by atoms with Crippen molar-refractivity contribution >= 4 is 9.84 Å². The topological polar surface area (TPSA) is 61.8 Å². The van der Waals surface area contributed by atoms with E-state index in [1.54, 1.807) is 24.3 Å². The molecule has 4 bridgehead atoms. The van der Waals surface area contributed by atoms with Crippen molar-refractivity contribution in [3.63, 3.8) is 0 Å². The molecule has 1 aromatic rings. The maximum Gasteiger partial charge on any atom is 0.210 e. The minimum absolute atomic E-state index is 0.149. The first-order chi connectivity index (χ1) is 13.5. The van der Waals surface area contributed by atoms with E-state index < -0.39 is 21.4 Å². The van der Waals surface area contributed by atoms with Crippen molar-refractivity contribution in [3.8, 4) is 0 Å². The maximum absolute atomic E-state index is 12.7. The molecular weight excluding hydrogens is 376 g/mol. The molecule has 1 heterocycles. The Morgan fingerprint density at radius 3 is 2.50 bits per heavy atom. The maximum atomic E-state index is 12.7. The van der Waals surface area contributed by atoms with Gasteiger partial charge in [-0.1, -0.05) is 18.2 Å². The Kier molecular flexibility index (Phi) is 3.85. The smallest absolute Gasteiger partial charge is 0.210 e. The SMILES string of the molecule is O=S(=O)(CC1CCC2(CC1)OO[C@]1(O2)C2CC3CC(C2)C1C3)c1ccccc1. The number of ether oxygens (including phenoxy) is 1. The van der Waals surface area contributed by atoms with Crippen molar-refractivity contribution < 1.29 is 22.9 Å². The van der Waals surface area contributed by atoms with Crippen LogP contribution in [0.4, 0.5) is 0 Å². The Morgan fingerprint density at radius 1 is 0.964 bits per heavy atom. The zero-order valence-corrected chi connectivity index (χ0v) is 16.9. The second-order valence-electron chi connectivity index (χ2n) is 9.81. The van der Waals surface area contributed by atoms with E-state index in [2.05, 4.69) is 0 Å². The summed E-state index contributed by atoms with van der Waals surface area (Å²) in [6.07, 6.45) is 8.03. The third-order valence-electron chi connectivity index (χ3n) is 8.18. The van der Waals surface area contributed by atoms with Crippen molar-refractivity contribution in [1.82, 2.24) is 0 Å². The first-order valence-electron chi connectivity index (χ1n) is 10.8. The number of rotatable bonds is 3. The van der Waals surface area contributed by atoms with Crippen LogP contribution in [-0.2, 0) is 24.3 Å². The molecule has 1 saturated heterocycles. The molecule has 0 N–H and O–H groups in total. The van der Waals surface area contributed by atoms with Gasteiger partial charge in [-0.2, -0.15) is 9.78 Å². The molecule has 0 amide bonds. The van der Waals surface area contributed by atoms with E-state index in [4.69, 9.17) is 14.5 Å². The summed E-state index contributed by atoms with van der Waals surface area (Å²) in [6, 6.07) is 8.77. The van der Waals surface area contributed by atoms with Crippen LogP contribution < -0.4 is 0 Å². The van der Waals surface area contributed by atoms with Gasteiger partial charge in [0.1, 0.15) is 0 Å². The van der Waals surface area contributed by atoms with Gasteiger partial charge in [0.25, 0.3) is 0 Å². The molecule has 5 saturated carbocycles. The van der Waals surface area contributed by atoms with Gasteiger partial charge < -0.3 is 4.74 Å². The third-order valence-corrected chi connectivity index (χ3v) is 10.1. The molecule has 4 unspecified atom stereocenters. The molecule has 152 valence electrons. The number of benzene rings is 1. The molecule has 0 aromatic heterocycles. The lowest BCUT2D eigenvalue weighted by atomic mass is 9.78. The summed E-state index contributed by atoms with van der Waals surface area (Å²) in [7, 11) is -3.24. The first kappa shape index (κ1) is 17.9. The van der Waals surface area contributed by atoms with E-state index in [0.29, 0.717) is 16.7 Å². The van der Waals surface area contributed by atoms with Crippen LogP contribution in [0, 0.1) is 29.6 Å². The van der Waals surface area contributed by atoms with E-state index in [0.717, 1.165) is 37.5 Å². The molecule has 7 rings (SSSR count). The van der Waals surface area contributed by atoms with Crippen molar-refractivity contribution in [3.05, 3.63) is 30.3 Å². The highest BCUT2D eigenvalue weighted by Crippen LogP contribution is 2.67. The van der Waals surface area contributed by atoms with Crippen LogP contribution >= 0.6 is 0 Å². The van der Waals surface area contributed by atoms with Crippen LogP contribution in [0.1, 0.15) is 51.4 Å². The van der Waals surface area contributed by atoms with Gasteiger partial charge in [-0.15, -0.1) is 0 Å². The Labute approximate surface area is 166 Å². The normalized spacial score (nSPS) is 46.8. The lowest BCUT2D eigenvalue weighted by molar-refractivity contribution is -0.370. The van der Waals surface area contributed by atoms with Crippen LogP contribution in [0.2, 0.25) is 0 Å². The van der Waals surface area contributed by atoms with Crippen molar-refractivity contribution in [2.75, 3.05) is 5.75 Å². The van der Waals surface area contributed by atoms with Crippen molar-refractivity contribution in [1.29, 1.82) is 0 Å². The van der Waals surface area contributed by atoms with Gasteiger partial charge in [-0.3, -0.25) is 0 Å². The van der Waals surface area contributed by atoms with Crippen LogP contribution in [0.25, 0.3) is 0 Å². The van der Waals surface area contributed by atoms with Gasteiger partial charge in [0.05, 0.1) is 10.6 Å². The molecule has 6 fully saturated rings. The second kappa shape index (κ2) is 6.03. The van der Waals surface area contributed by atoms with Gasteiger partial charge in [-0.25, -0.2) is 8.42 Å². The van der Waals surface area contributed by atoms with Gasteiger partial charge in [0, 0.05) is 24.7 Å². The Bertz CT molecular complexity index is 856. The number of hydrogen-bond acceptors (Lipinski definition) is 5. The van der Waals surface area contributed by atoms with Gasteiger partial charge in [0.2, 0.25) is 11.6 Å². The third kappa shape index (κ3) is 2.57. The van der Waals surface area contributed by atoms with Crippen LogP contribution in [0.3, 0.4) is 0 Å². The average molecular weight is 405 g/mol. The largest absolute Gasteiger partial charge is 0.312 e. The highest BCUT2D eigenvalue weighted by Gasteiger charge is 2.70. The fourth-order valence-corrected chi connectivity index (χ4v) is 8.66. The second-order valence-corrected chi connectivity index (χ2v) is 11.8. The van der Waals surface area contributed by atoms with Crippen molar-refractivity contribution in [2.24, 2.45) is 29.6 Å². The molecule has 6 heteroatoms. The molecule has 0 radical (unpaired) electrons. The molecule has 5 aliphatic carbocycles. The first-order valence-corrected chi connectivity index (χ1v) is 12.5. The molecule has 2 spiro atoms. The quantitative estimate of drug-likeness (QED) is 0.710. The molecule has 5 nitrogen and oxygen atoms in total. The summed E-state index contributed by atoms with van der Waals surface area (Å²) in [4.78, 5) is 12.4. The summed E-state index contributed by atoms with van der Waals surface area (Å²) >= 11 is 0. The van der Waals surface area contributed by atoms with E-state index in [1.165, 1.54) is 25.7 Å². The summed E-state index contributed by atoms with van der Waals surface area (Å²) in [5, 5.41) is 0. The van der Waals surface area contributed by atoms with Gasteiger partial charge in [0.15, 0.2) is 9.84 Å². The highest BCUT2D eigenvalue weighted by molar-refractivity contribution is 7.91. The van der Waals surface area contributed by atoms with Crippen LogP contribution in [-0.4, -0.2) is 25.7 Å². The van der Waals surface area contributed by atoms with Crippen LogP contribution in [0.5, 0.6) is 0 Å². The number of sulfone groups is 1. The standard InChI is InChI=1S/C22H28O5S/c23-28(24,19-4-2-1-3-5-19)14-15-6-8-21(9-7-15)25-22(27-26-21)18-11-16-10-17(13-18)20(22)12-16/h1-5,15-18,20H,6-14H2/t15?,16?,17?,18?,20?,21?,22-/m1/s1. The molecule has 28 heavy (non-hydrogen) atoms. The highest BCUT2D eigenvalue weighted by atomic mass is 32.2. The van der Waals surface area contributed by atoms with Gasteiger partial charge >= 0.3 is 0 Å².